The Labute approximate surface area is 123 Å². The number of aliphatic hydroxyl groups is 1. The Morgan fingerprint density at radius 1 is 1.25 bits per heavy atom. The average molecular weight is 288 g/mol. The van der Waals surface area contributed by atoms with Gasteiger partial charge in [0, 0.05) is 47.7 Å². The predicted molar refractivity (Wildman–Crippen MR) is 81.8 cm³/mol. The second-order valence-electron chi connectivity index (χ2n) is 5.59. The summed E-state index contributed by atoms with van der Waals surface area (Å²) in [5.41, 5.74) is 1.26. The summed E-state index contributed by atoms with van der Waals surface area (Å²) < 4.78 is 0. The molecule has 0 aliphatic carbocycles. The summed E-state index contributed by atoms with van der Waals surface area (Å²) in [6.45, 7) is 4.86. The molecule has 1 N–H and O–H groups in total. The van der Waals surface area contributed by atoms with Gasteiger partial charge < -0.3 is 5.11 Å². The molecule has 0 radical (unpaired) electrons. The first-order valence-electron chi connectivity index (χ1n) is 7.05. The third kappa shape index (κ3) is 3.26. The molecule has 20 heavy (non-hydrogen) atoms. The standard InChI is InChI=1S/C16H20N2OS/c1-12-2-3-15(20-12)10-18-9-14(16(19)11-18)8-13-4-6-17-7-5-13/h2-7,14,16,19H,8-11H2,1H3/t14-,16-/m1/s1. The number of hydrogen-bond donors (Lipinski definition) is 1. The Balaban J connectivity index is 1.59. The van der Waals surface area contributed by atoms with Crippen molar-refractivity contribution < 1.29 is 5.11 Å². The molecule has 1 aliphatic heterocycles. The molecule has 0 saturated carbocycles. The molecular formula is C16H20N2OS. The summed E-state index contributed by atoms with van der Waals surface area (Å²) in [6.07, 6.45) is 4.36. The molecule has 0 amide bonds. The number of hydrogen-bond acceptors (Lipinski definition) is 4. The van der Waals surface area contributed by atoms with Crippen molar-refractivity contribution in [2.24, 2.45) is 5.92 Å². The molecular weight excluding hydrogens is 268 g/mol. The summed E-state index contributed by atoms with van der Waals surface area (Å²) in [6, 6.07) is 8.44. The highest BCUT2D eigenvalue weighted by atomic mass is 32.1. The highest BCUT2D eigenvalue weighted by molar-refractivity contribution is 7.11. The monoisotopic (exact) mass is 288 g/mol. The van der Waals surface area contributed by atoms with Crippen LogP contribution in [0.25, 0.3) is 0 Å². The van der Waals surface area contributed by atoms with Crippen molar-refractivity contribution in [1.82, 2.24) is 9.88 Å². The smallest absolute Gasteiger partial charge is 0.0710 e. The number of aromatic nitrogens is 1. The van der Waals surface area contributed by atoms with Gasteiger partial charge in [-0.15, -0.1) is 11.3 Å². The highest BCUT2D eigenvalue weighted by Gasteiger charge is 2.31. The number of thiophene rings is 1. The quantitative estimate of drug-likeness (QED) is 0.939. The minimum absolute atomic E-state index is 0.218. The van der Waals surface area contributed by atoms with Gasteiger partial charge in [0.25, 0.3) is 0 Å². The molecule has 2 aromatic heterocycles. The number of aryl methyl sites for hydroxylation is 1. The Bertz CT molecular complexity index is 555. The SMILES string of the molecule is Cc1ccc(CN2C[C@@H](Cc3ccncc3)[C@H](O)C2)s1. The van der Waals surface area contributed by atoms with E-state index in [0.29, 0.717) is 5.92 Å². The molecule has 0 spiro atoms. The van der Waals surface area contributed by atoms with E-state index in [-0.39, 0.29) is 6.10 Å². The molecule has 3 heterocycles. The summed E-state index contributed by atoms with van der Waals surface area (Å²) in [7, 11) is 0. The van der Waals surface area contributed by atoms with Crippen molar-refractivity contribution in [3.8, 4) is 0 Å². The molecule has 3 nitrogen and oxygen atoms in total. The van der Waals surface area contributed by atoms with Crippen LogP contribution in [0.3, 0.4) is 0 Å². The first-order valence-corrected chi connectivity index (χ1v) is 7.87. The van der Waals surface area contributed by atoms with Gasteiger partial charge in [-0.05, 0) is 43.2 Å². The maximum atomic E-state index is 10.3. The lowest BCUT2D eigenvalue weighted by molar-refractivity contribution is 0.141. The second kappa shape index (κ2) is 6.04. The van der Waals surface area contributed by atoms with Crippen molar-refractivity contribution in [3.05, 3.63) is 52.0 Å². The Hall–Kier alpha value is -1.23. The van der Waals surface area contributed by atoms with Crippen molar-refractivity contribution in [2.75, 3.05) is 13.1 Å². The largest absolute Gasteiger partial charge is 0.391 e. The van der Waals surface area contributed by atoms with Crippen LogP contribution in [0.2, 0.25) is 0 Å². The molecule has 0 aromatic carbocycles. The highest BCUT2D eigenvalue weighted by Crippen LogP contribution is 2.25. The van der Waals surface area contributed by atoms with Crippen molar-refractivity contribution in [1.29, 1.82) is 0 Å². The molecule has 106 valence electrons. The molecule has 0 unspecified atom stereocenters. The normalized spacial score (nSPS) is 23.3. The van der Waals surface area contributed by atoms with Crippen LogP contribution in [0.4, 0.5) is 0 Å². The van der Waals surface area contributed by atoms with E-state index < -0.39 is 0 Å². The third-order valence-electron chi connectivity index (χ3n) is 3.90. The first kappa shape index (κ1) is 13.7. The number of aliphatic hydroxyl groups excluding tert-OH is 1. The van der Waals surface area contributed by atoms with E-state index in [1.807, 2.05) is 35.9 Å². The zero-order chi connectivity index (χ0) is 13.9. The molecule has 0 bridgehead atoms. The van der Waals surface area contributed by atoms with Crippen LogP contribution in [0.5, 0.6) is 0 Å². The Kier molecular flexibility index (Phi) is 4.15. The van der Waals surface area contributed by atoms with Crippen molar-refractivity contribution in [2.45, 2.75) is 26.0 Å². The van der Waals surface area contributed by atoms with Crippen LogP contribution in [0.15, 0.2) is 36.7 Å². The van der Waals surface area contributed by atoms with Gasteiger partial charge in [0.05, 0.1) is 6.10 Å². The third-order valence-corrected chi connectivity index (χ3v) is 4.89. The lowest BCUT2D eigenvalue weighted by atomic mass is 9.97. The average Bonchev–Trinajstić information content (AvgIpc) is 2.98. The maximum Gasteiger partial charge on any atom is 0.0710 e. The number of likely N-dealkylation sites (tertiary alicyclic amines) is 1. The van der Waals surface area contributed by atoms with Crippen LogP contribution < -0.4 is 0 Å². The molecule has 2 aromatic rings. The van der Waals surface area contributed by atoms with Crippen LogP contribution in [0, 0.1) is 12.8 Å². The van der Waals surface area contributed by atoms with E-state index in [1.54, 1.807) is 0 Å². The van der Waals surface area contributed by atoms with Gasteiger partial charge in [0.1, 0.15) is 0 Å². The summed E-state index contributed by atoms with van der Waals surface area (Å²) in [4.78, 5) is 9.15. The van der Waals surface area contributed by atoms with Gasteiger partial charge in [-0.1, -0.05) is 0 Å². The van der Waals surface area contributed by atoms with Gasteiger partial charge in [0.15, 0.2) is 0 Å². The van der Waals surface area contributed by atoms with Crippen LogP contribution >= 0.6 is 11.3 Å². The molecule has 1 aliphatic rings. The number of rotatable bonds is 4. The van der Waals surface area contributed by atoms with Gasteiger partial charge in [-0.2, -0.15) is 0 Å². The fraction of sp³-hybridized carbons (Fsp3) is 0.438. The molecule has 3 rings (SSSR count). The molecule has 1 fully saturated rings. The van der Waals surface area contributed by atoms with E-state index in [1.165, 1.54) is 15.3 Å². The molecule has 2 atom stereocenters. The van der Waals surface area contributed by atoms with E-state index in [0.717, 1.165) is 26.1 Å². The first-order chi connectivity index (χ1) is 9.70. The zero-order valence-electron chi connectivity index (χ0n) is 11.7. The maximum absolute atomic E-state index is 10.3. The lowest BCUT2D eigenvalue weighted by Crippen LogP contribution is -2.20. The molecule has 4 heteroatoms. The summed E-state index contributed by atoms with van der Waals surface area (Å²) in [5.74, 6) is 0.332. The number of nitrogens with zero attached hydrogens (tertiary/aromatic N) is 2. The summed E-state index contributed by atoms with van der Waals surface area (Å²) in [5, 5.41) is 10.3. The summed E-state index contributed by atoms with van der Waals surface area (Å²) >= 11 is 1.85. The van der Waals surface area contributed by atoms with Gasteiger partial charge >= 0.3 is 0 Å². The fourth-order valence-electron chi connectivity index (χ4n) is 2.88. The Morgan fingerprint density at radius 2 is 2.05 bits per heavy atom. The van der Waals surface area contributed by atoms with Crippen LogP contribution in [0.1, 0.15) is 15.3 Å². The number of β-amino-alcohol motifs (C(OH)–C–C–N with tert-alkyl or cyclic N) is 1. The zero-order valence-corrected chi connectivity index (χ0v) is 12.5. The van der Waals surface area contributed by atoms with Gasteiger partial charge in [0.2, 0.25) is 0 Å². The number of pyridine rings is 1. The van der Waals surface area contributed by atoms with Crippen molar-refractivity contribution in [3.63, 3.8) is 0 Å². The topological polar surface area (TPSA) is 36.4 Å². The van der Waals surface area contributed by atoms with Crippen LogP contribution in [-0.4, -0.2) is 34.2 Å². The van der Waals surface area contributed by atoms with E-state index >= 15 is 0 Å². The van der Waals surface area contributed by atoms with Crippen LogP contribution in [-0.2, 0) is 13.0 Å². The van der Waals surface area contributed by atoms with Gasteiger partial charge in [-0.3, -0.25) is 9.88 Å². The second-order valence-corrected chi connectivity index (χ2v) is 6.97. The minimum atomic E-state index is -0.218. The van der Waals surface area contributed by atoms with E-state index in [9.17, 15) is 5.11 Å². The Morgan fingerprint density at radius 3 is 2.75 bits per heavy atom. The van der Waals surface area contributed by atoms with E-state index in [4.69, 9.17) is 0 Å². The van der Waals surface area contributed by atoms with E-state index in [2.05, 4.69) is 28.9 Å². The lowest BCUT2D eigenvalue weighted by Gasteiger charge is -2.14. The van der Waals surface area contributed by atoms with Gasteiger partial charge in [-0.25, -0.2) is 0 Å². The molecule has 1 saturated heterocycles. The van der Waals surface area contributed by atoms with Crippen molar-refractivity contribution >= 4 is 11.3 Å². The minimum Gasteiger partial charge on any atom is -0.391 e. The fourth-order valence-corrected chi connectivity index (χ4v) is 3.82. The predicted octanol–water partition coefficient (Wildman–Crippen LogP) is 2.49.